The molecule has 0 spiro atoms. The van der Waals surface area contributed by atoms with Crippen LogP contribution >= 0.6 is 11.6 Å². The number of aliphatic hydroxyl groups excluding tert-OH is 1. The minimum Gasteiger partial charge on any atom is -0.507 e. The van der Waals surface area contributed by atoms with Crippen molar-refractivity contribution >= 4 is 11.6 Å². The van der Waals surface area contributed by atoms with E-state index in [1.54, 1.807) is 13.0 Å². The maximum atomic E-state index is 10.4. The molecular formula is C15H23ClN2O2. The highest BCUT2D eigenvalue weighted by Gasteiger charge is 2.20. The average Bonchev–Trinajstić information content (AvgIpc) is 2.44. The molecule has 2 rings (SSSR count). The van der Waals surface area contributed by atoms with Crippen LogP contribution in [0, 0.1) is 13.8 Å². The third kappa shape index (κ3) is 3.44. The molecule has 1 aromatic rings. The Morgan fingerprint density at radius 3 is 2.65 bits per heavy atom. The third-order valence-electron chi connectivity index (χ3n) is 4.00. The number of phenols is 1. The van der Waals surface area contributed by atoms with Crippen LogP contribution in [-0.4, -0.2) is 47.8 Å². The summed E-state index contributed by atoms with van der Waals surface area (Å²) in [5.41, 5.74) is 2.05. The topological polar surface area (TPSA) is 55.7 Å². The first kappa shape index (κ1) is 15.6. The second-order valence-corrected chi connectivity index (χ2v) is 5.87. The van der Waals surface area contributed by atoms with Crippen molar-refractivity contribution in [2.45, 2.75) is 26.4 Å². The molecule has 1 aliphatic heterocycles. The maximum Gasteiger partial charge on any atom is 0.124 e. The molecule has 1 aliphatic rings. The van der Waals surface area contributed by atoms with Gasteiger partial charge in [-0.25, -0.2) is 0 Å². The van der Waals surface area contributed by atoms with Crippen molar-refractivity contribution in [3.8, 4) is 5.75 Å². The molecule has 1 saturated heterocycles. The summed E-state index contributed by atoms with van der Waals surface area (Å²) < 4.78 is 0. The molecular weight excluding hydrogens is 276 g/mol. The summed E-state index contributed by atoms with van der Waals surface area (Å²) in [7, 11) is 0. The Morgan fingerprint density at radius 2 is 2.00 bits per heavy atom. The number of nitrogens with zero attached hydrogens (tertiary/aromatic N) is 1. The van der Waals surface area contributed by atoms with Gasteiger partial charge in [-0.3, -0.25) is 0 Å². The normalized spacial score (nSPS) is 18.2. The Morgan fingerprint density at radius 1 is 1.35 bits per heavy atom. The lowest BCUT2D eigenvalue weighted by Gasteiger charge is -2.28. The number of hydrogen-bond acceptors (Lipinski definition) is 4. The Bertz CT molecular complexity index is 447. The van der Waals surface area contributed by atoms with Crippen LogP contribution < -0.4 is 5.32 Å². The molecule has 112 valence electrons. The van der Waals surface area contributed by atoms with Gasteiger partial charge in [0, 0.05) is 43.3 Å². The highest BCUT2D eigenvalue weighted by atomic mass is 35.5. The molecule has 1 fully saturated rings. The van der Waals surface area contributed by atoms with Crippen molar-refractivity contribution in [1.82, 2.24) is 10.2 Å². The molecule has 0 radical (unpaired) electrons. The van der Waals surface area contributed by atoms with Gasteiger partial charge in [-0.15, -0.1) is 0 Å². The monoisotopic (exact) mass is 298 g/mol. The summed E-state index contributed by atoms with van der Waals surface area (Å²) in [6, 6.07) is 1.73. The number of hydrogen-bond donors (Lipinski definition) is 3. The van der Waals surface area contributed by atoms with Gasteiger partial charge in [0.05, 0.1) is 6.10 Å². The smallest absolute Gasteiger partial charge is 0.124 e. The minimum absolute atomic E-state index is 0.166. The summed E-state index contributed by atoms with van der Waals surface area (Å²) in [5.74, 6) is 0.166. The highest BCUT2D eigenvalue weighted by Crippen LogP contribution is 2.36. The number of aromatic hydroxyl groups is 1. The van der Waals surface area contributed by atoms with Gasteiger partial charge in [-0.2, -0.15) is 0 Å². The van der Waals surface area contributed by atoms with Crippen molar-refractivity contribution in [2.24, 2.45) is 0 Å². The quantitative estimate of drug-likeness (QED) is 0.796. The zero-order valence-corrected chi connectivity index (χ0v) is 12.9. The van der Waals surface area contributed by atoms with Gasteiger partial charge >= 0.3 is 0 Å². The van der Waals surface area contributed by atoms with Crippen molar-refractivity contribution in [2.75, 3.05) is 32.7 Å². The Hall–Kier alpha value is -0.810. The molecule has 4 nitrogen and oxygen atoms in total. The van der Waals surface area contributed by atoms with Gasteiger partial charge in [-0.05, 0) is 37.5 Å². The predicted octanol–water partition coefficient (Wildman–Crippen LogP) is 1.99. The summed E-state index contributed by atoms with van der Waals surface area (Å²) in [5, 5.41) is 24.5. The molecule has 1 atom stereocenters. The van der Waals surface area contributed by atoms with Crippen LogP contribution in [0.2, 0.25) is 5.02 Å². The van der Waals surface area contributed by atoms with Crippen molar-refractivity contribution < 1.29 is 10.2 Å². The van der Waals surface area contributed by atoms with Crippen LogP contribution in [0.1, 0.15) is 29.2 Å². The summed E-state index contributed by atoms with van der Waals surface area (Å²) in [6.07, 6.45) is -0.0731. The SMILES string of the molecule is Cc1cc(Cl)c(C)c(C(O)CCN2CCNCC2)c1O. The van der Waals surface area contributed by atoms with Gasteiger partial charge in [0.2, 0.25) is 0 Å². The van der Waals surface area contributed by atoms with E-state index >= 15 is 0 Å². The van der Waals surface area contributed by atoms with E-state index in [0.29, 0.717) is 22.6 Å². The Labute approximate surface area is 125 Å². The number of rotatable bonds is 4. The zero-order chi connectivity index (χ0) is 14.7. The molecule has 0 aromatic heterocycles. The van der Waals surface area contributed by atoms with E-state index in [1.165, 1.54) is 0 Å². The molecule has 1 aromatic carbocycles. The fraction of sp³-hybridized carbons (Fsp3) is 0.600. The summed E-state index contributed by atoms with van der Waals surface area (Å²) in [6.45, 7) is 8.47. The van der Waals surface area contributed by atoms with E-state index in [4.69, 9.17) is 11.6 Å². The van der Waals surface area contributed by atoms with Crippen molar-refractivity contribution in [3.63, 3.8) is 0 Å². The van der Waals surface area contributed by atoms with Crippen molar-refractivity contribution in [3.05, 3.63) is 27.8 Å². The first-order chi connectivity index (χ1) is 9.50. The molecule has 5 heteroatoms. The third-order valence-corrected chi connectivity index (χ3v) is 4.39. The lowest BCUT2D eigenvalue weighted by molar-refractivity contribution is 0.133. The van der Waals surface area contributed by atoms with Crippen LogP contribution in [0.5, 0.6) is 5.75 Å². The van der Waals surface area contributed by atoms with Gasteiger partial charge in [0.25, 0.3) is 0 Å². The first-order valence-corrected chi connectivity index (χ1v) is 7.48. The predicted molar refractivity (Wildman–Crippen MR) is 81.5 cm³/mol. The fourth-order valence-electron chi connectivity index (χ4n) is 2.68. The second-order valence-electron chi connectivity index (χ2n) is 5.46. The lowest BCUT2D eigenvalue weighted by atomic mass is 9.97. The number of nitrogens with one attached hydrogen (secondary N) is 1. The number of halogens is 1. The van der Waals surface area contributed by atoms with Gasteiger partial charge < -0.3 is 20.4 Å². The molecule has 0 saturated carbocycles. The van der Waals surface area contributed by atoms with Crippen LogP contribution in [-0.2, 0) is 0 Å². The number of benzene rings is 1. The summed E-state index contributed by atoms with van der Waals surface area (Å²) >= 11 is 6.14. The van der Waals surface area contributed by atoms with Crippen LogP contribution in [0.4, 0.5) is 0 Å². The molecule has 1 heterocycles. The zero-order valence-electron chi connectivity index (χ0n) is 12.1. The van der Waals surface area contributed by atoms with E-state index in [1.807, 2.05) is 6.92 Å². The number of aryl methyl sites for hydroxylation is 1. The maximum absolute atomic E-state index is 10.4. The molecule has 0 amide bonds. The Balaban J connectivity index is 2.06. The summed E-state index contributed by atoms with van der Waals surface area (Å²) in [4.78, 5) is 2.32. The first-order valence-electron chi connectivity index (χ1n) is 7.10. The Kier molecular flexibility index (Phi) is 5.27. The van der Waals surface area contributed by atoms with E-state index in [-0.39, 0.29) is 5.75 Å². The van der Waals surface area contributed by atoms with Crippen LogP contribution in [0.25, 0.3) is 0 Å². The second kappa shape index (κ2) is 6.76. The number of phenolic OH excluding ortho intramolecular Hbond substituents is 1. The minimum atomic E-state index is -0.678. The molecule has 3 N–H and O–H groups in total. The van der Waals surface area contributed by atoms with Gasteiger partial charge in [-0.1, -0.05) is 11.6 Å². The van der Waals surface area contributed by atoms with E-state index in [2.05, 4.69) is 10.2 Å². The molecule has 0 bridgehead atoms. The van der Waals surface area contributed by atoms with Crippen LogP contribution in [0.3, 0.4) is 0 Å². The van der Waals surface area contributed by atoms with Crippen molar-refractivity contribution in [1.29, 1.82) is 0 Å². The molecule has 1 unspecified atom stereocenters. The average molecular weight is 299 g/mol. The van der Waals surface area contributed by atoms with Crippen LogP contribution in [0.15, 0.2) is 6.07 Å². The largest absolute Gasteiger partial charge is 0.507 e. The lowest BCUT2D eigenvalue weighted by Crippen LogP contribution is -2.44. The van der Waals surface area contributed by atoms with E-state index in [9.17, 15) is 10.2 Å². The number of aliphatic hydroxyl groups is 1. The van der Waals surface area contributed by atoms with Gasteiger partial charge in [0.1, 0.15) is 5.75 Å². The van der Waals surface area contributed by atoms with Gasteiger partial charge in [0.15, 0.2) is 0 Å². The molecule has 20 heavy (non-hydrogen) atoms. The van der Waals surface area contributed by atoms with E-state index < -0.39 is 6.10 Å². The number of piperazine rings is 1. The standard InChI is InChI=1S/C15H23ClN2O2/c1-10-9-12(16)11(2)14(15(10)20)13(19)3-6-18-7-4-17-5-8-18/h9,13,17,19-20H,3-8H2,1-2H3. The fourth-order valence-corrected chi connectivity index (χ4v) is 2.94. The molecule has 0 aliphatic carbocycles. The highest BCUT2D eigenvalue weighted by molar-refractivity contribution is 6.31. The van der Waals surface area contributed by atoms with E-state index in [0.717, 1.165) is 38.3 Å².